The minimum atomic E-state index is -0.204. The van der Waals surface area contributed by atoms with Gasteiger partial charge in [0.25, 0.3) is 0 Å². The predicted molar refractivity (Wildman–Crippen MR) is 81.6 cm³/mol. The molecular formula is C16H16Cl2O. The molecule has 0 aromatic heterocycles. The standard InChI is InChI=1S/C16H16Cl2O/c1-10-4-5-12(17)9-15(10)16(18)14-7-6-13(19-3)8-11(14)2/h4-9,16H,1-3H3. The van der Waals surface area contributed by atoms with E-state index >= 15 is 0 Å². The third kappa shape index (κ3) is 3.05. The normalized spacial score (nSPS) is 12.3. The van der Waals surface area contributed by atoms with E-state index in [0.717, 1.165) is 28.0 Å². The maximum absolute atomic E-state index is 6.61. The molecule has 0 N–H and O–H groups in total. The Labute approximate surface area is 124 Å². The molecule has 0 aliphatic rings. The smallest absolute Gasteiger partial charge is 0.119 e. The Morgan fingerprint density at radius 2 is 1.68 bits per heavy atom. The molecule has 0 fully saturated rings. The van der Waals surface area contributed by atoms with E-state index < -0.39 is 0 Å². The first-order valence-corrected chi connectivity index (χ1v) is 6.89. The summed E-state index contributed by atoms with van der Waals surface area (Å²) in [6.45, 7) is 4.08. The lowest BCUT2D eigenvalue weighted by Gasteiger charge is -2.16. The van der Waals surface area contributed by atoms with Crippen molar-refractivity contribution in [3.8, 4) is 5.75 Å². The molecule has 0 radical (unpaired) electrons. The van der Waals surface area contributed by atoms with Gasteiger partial charge in [-0.25, -0.2) is 0 Å². The summed E-state index contributed by atoms with van der Waals surface area (Å²) in [5.41, 5.74) is 4.37. The van der Waals surface area contributed by atoms with Crippen LogP contribution in [0.1, 0.15) is 27.6 Å². The van der Waals surface area contributed by atoms with Crippen molar-refractivity contribution in [3.05, 3.63) is 63.7 Å². The number of rotatable bonds is 3. The van der Waals surface area contributed by atoms with Crippen LogP contribution in [0.4, 0.5) is 0 Å². The number of hydrogen-bond donors (Lipinski definition) is 0. The number of ether oxygens (including phenoxy) is 1. The SMILES string of the molecule is COc1ccc(C(Cl)c2cc(Cl)ccc2C)c(C)c1. The molecule has 1 unspecified atom stereocenters. The van der Waals surface area contributed by atoms with Crippen molar-refractivity contribution in [3.63, 3.8) is 0 Å². The maximum atomic E-state index is 6.61. The summed E-state index contributed by atoms with van der Waals surface area (Å²) in [7, 11) is 1.66. The summed E-state index contributed by atoms with van der Waals surface area (Å²) in [5.74, 6) is 0.841. The molecule has 0 amide bonds. The Morgan fingerprint density at radius 1 is 0.947 bits per heavy atom. The fraction of sp³-hybridized carbons (Fsp3) is 0.250. The van der Waals surface area contributed by atoms with E-state index in [2.05, 4.69) is 0 Å². The first kappa shape index (κ1) is 14.2. The average molecular weight is 295 g/mol. The van der Waals surface area contributed by atoms with Crippen molar-refractivity contribution in [1.82, 2.24) is 0 Å². The van der Waals surface area contributed by atoms with Gasteiger partial charge in [0.05, 0.1) is 12.5 Å². The van der Waals surface area contributed by atoms with Crippen LogP contribution in [0.2, 0.25) is 5.02 Å². The molecule has 0 heterocycles. The molecule has 2 aromatic carbocycles. The third-order valence-electron chi connectivity index (χ3n) is 3.26. The summed E-state index contributed by atoms with van der Waals surface area (Å²) >= 11 is 12.7. The van der Waals surface area contributed by atoms with Crippen LogP contribution in [0, 0.1) is 13.8 Å². The second-order valence-corrected chi connectivity index (χ2v) is 5.46. The molecule has 0 saturated heterocycles. The van der Waals surface area contributed by atoms with Crippen molar-refractivity contribution >= 4 is 23.2 Å². The fourth-order valence-corrected chi connectivity index (χ4v) is 2.77. The molecule has 0 saturated carbocycles. The molecule has 2 aromatic rings. The van der Waals surface area contributed by atoms with Crippen molar-refractivity contribution in [2.24, 2.45) is 0 Å². The van der Waals surface area contributed by atoms with Gasteiger partial charge in [0.1, 0.15) is 5.75 Å². The largest absolute Gasteiger partial charge is 0.497 e. The Hall–Kier alpha value is -1.18. The summed E-state index contributed by atoms with van der Waals surface area (Å²) in [4.78, 5) is 0. The summed E-state index contributed by atoms with van der Waals surface area (Å²) in [6.07, 6.45) is 0. The Kier molecular flexibility index (Phi) is 4.38. The number of halogens is 2. The molecule has 0 spiro atoms. The first-order chi connectivity index (χ1) is 9.02. The fourth-order valence-electron chi connectivity index (χ4n) is 2.11. The molecule has 0 bridgehead atoms. The van der Waals surface area contributed by atoms with Gasteiger partial charge < -0.3 is 4.74 Å². The molecule has 1 nitrogen and oxygen atoms in total. The van der Waals surface area contributed by atoms with E-state index in [9.17, 15) is 0 Å². The monoisotopic (exact) mass is 294 g/mol. The lowest BCUT2D eigenvalue weighted by molar-refractivity contribution is 0.414. The van der Waals surface area contributed by atoms with Crippen LogP contribution >= 0.6 is 23.2 Å². The highest BCUT2D eigenvalue weighted by Gasteiger charge is 2.16. The molecule has 100 valence electrons. The van der Waals surface area contributed by atoms with Gasteiger partial charge in [0.15, 0.2) is 0 Å². The van der Waals surface area contributed by atoms with Crippen LogP contribution in [0.25, 0.3) is 0 Å². The maximum Gasteiger partial charge on any atom is 0.119 e. The molecule has 0 aliphatic heterocycles. The van der Waals surface area contributed by atoms with Gasteiger partial charge in [0.2, 0.25) is 0 Å². The van der Waals surface area contributed by atoms with E-state index in [-0.39, 0.29) is 5.38 Å². The van der Waals surface area contributed by atoms with Gasteiger partial charge in [-0.3, -0.25) is 0 Å². The van der Waals surface area contributed by atoms with Crippen LogP contribution in [-0.4, -0.2) is 7.11 Å². The highest BCUT2D eigenvalue weighted by Crippen LogP contribution is 2.35. The number of aryl methyl sites for hydroxylation is 2. The van der Waals surface area contributed by atoms with Gasteiger partial charge >= 0.3 is 0 Å². The molecule has 2 rings (SSSR count). The van der Waals surface area contributed by atoms with Gasteiger partial charge in [-0.15, -0.1) is 11.6 Å². The molecular weight excluding hydrogens is 279 g/mol. The van der Waals surface area contributed by atoms with Crippen LogP contribution in [0.3, 0.4) is 0 Å². The third-order valence-corrected chi connectivity index (χ3v) is 3.97. The molecule has 0 aliphatic carbocycles. The van der Waals surface area contributed by atoms with E-state index in [1.54, 1.807) is 7.11 Å². The summed E-state index contributed by atoms with van der Waals surface area (Å²) < 4.78 is 5.21. The van der Waals surface area contributed by atoms with E-state index in [4.69, 9.17) is 27.9 Å². The van der Waals surface area contributed by atoms with E-state index in [1.807, 2.05) is 50.2 Å². The summed E-state index contributed by atoms with van der Waals surface area (Å²) in [6, 6.07) is 11.7. The highest BCUT2D eigenvalue weighted by atomic mass is 35.5. The van der Waals surface area contributed by atoms with Crippen LogP contribution in [0.15, 0.2) is 36.4 Å². The number of hydrogen-bond acceptors (Lipinski definition) is 1. The highest BCUT2D eigenvalue weighted by molar-refractivity contribution is 6.31. The van der Waals surface area contributed by atoms with Crippen LogP contribution in [-0.2, 0) is 0 Å². The zero-order valence-electron chi connectivity index (χ0n) is 11.2. The van der Waals surface area contributed by atoms with Gasteiger partial charge in [-0.2, -0.15) is 0 Å². The summed E-state index contributed by atoms with van der Waals surface area (Å²) in [5, 5.41) is 0.502. The molecule has 1 atom stereocenters. The van der Waals surface area contributed by atoms with Gasteiger partial charge in [-0.05, 0) is 60.4 Å². The number of alkyl halides is 1. The Balaban J connectivity index is 2.43. The van der Waals surface area contributed by atoms with E-state index in [1.165, 1.54) is 0 Å². The molecule has 19 heavy (non-hydrogen) atoms. The van der Waals surface area contributed by atoms with E-state index in [0.29, 0.717) is 5.02 Å². The zero-order chi connectivity index (χ0) is 14.0. The number of benzene rings is 2. The lowest BCUT2D eigenvalue weighted by atomic mass is 9.97. The second kappa shape index (κ2) is 5.85. The van der Waals surface area contributed by atoms with Gasteiger partial charge in [0, 0.05) is 5.02 Å². The van der Waals surface area contributed by atoms with Crippen LogP contribution in [0.5, 0.6) is 5.75 Å². The first-order valence-electron chi connectivity index (χ1n) is 6.07. The van der Waals surface area contributed by atoms with Crippen LogP contribution < -0.4 is 4.74 Å². The lowest BCUT2D eigenvalue weighted by Crippen LogP contribution is -1.99. The quantitative estimate of drug-likeness (QED) is 0.699. The average Bonchev–Trinajstić information content (AvgIpc) is 2.40. The Bertz CT molecular complexity index is 593. The Morgan fingerprint density at radius 3 is 2.32 bits per heavy atom. The van der Waals surface area contributed by atoms with Crippen molar-refractivity contribution in [1.29, 1.82) is 0 Å². The van der Waals surface area contributed by atoms with Crippen molar-refractivity contribution in [2.45, 2.75) is 19.2 Å². The van der Waals surface area contributed by atoms with Crippen molar-refractivity contribution in [2.75, 3.05) is 7.11 Å². The molecule has 3 heteroatoms. The second-order valence-electron chi connectivity index (χ2n) is 4.59. The minimum absolute atomic E-state index is 0.204. The number of methoxy groups -OCH3 is 1. The minimum Gasteiger partial charge on any atom is -0.497 e. The zero-order valence-corrected chi connectivity index (χ0v) is 12.7. The topological polar surface area (TPSA) is 9.23 Å². The van der Waals surface area contributed by atoms with Gasteiger partial charge in [-0.1, -0.05) is 23.7 Å². The van der Waals surface area contributed by atoms with Crippen molar-refractivity contribution < 1.29 is 4.74 Å². The predicted octanol–water partition coefficient (Wildman–Crippen LogP) is 5.29.